The van der Waals surface area contributed by atoms with E-state index in [-0.39, 0.29) is 5.91 Å². The third-order valence-corrected chi connectivity index (χ3v) is 5.59. The number of para-hydroxylation sites is 1. The second kappa shape index (κ2) is 10.8. The highest BCUT2D eigenvalue weighted by Gasteiger charge is 2.24. The summed E-state index contributed by atoms with van der Waals surface area (Å²) in [4.78, 5) is 21.0. The highest BCUT2D eigenvalue weighted by atomic mass is 16.2. The van der Waals surface area contributed by atoms with E-state index >= 15 is 0 Å². The van der Waals surface area contributed by atoms with E-state index < -0.39 is 0 Å². The minimum Gasteiger partial charge on any atom is -0.367 e. The number of nitrogens with zero attached hydrogens (tertiary/aromatic N) is 3. The number of fused-ring (bicyclic) bond motifs is 1. The van der Waals surface area contributed by atoms with Crippen LogP contribution in [0.15, 0.2) is 53.5 Å². The number of nitrogens with one attached hydrogen (secondary N) is 2. The number of aliphatic imine (C=N–C) groups is 1. The van der Waals surface area contributed by atoms with Crippen LogP contribution in [0.4, 0.5) is 5.69 Å². The van der Waals surface area contributed by atoms with Gasteiger partial charge in [-0.3, -0.25) is 9.79 Å². The molecule has 2 aromatic rings. The molecule has 31 heavy (non-hydrogen) atoms. The number of anilines is 1. The van der Waals surface area contributed by atoms with Crippen molar-refractivity contribution in [2.45, 2.75) is 32.7 Å². The first-order valence-corrected chi connectivity index (χ1v) is 11.2. The zero-order valence-electron chi connectivity index (χ0n) is 19.2. The lowest BCUT2D eigenvalue weighted by molar-refractivity contribution is 0.0827. The molecule has 166 valence electrons. The van der Waals surface area contributed by atoms with Gasteiger partial charge in [-0.2, -0.15) is 0 Å². The molecule has 1 amide bonds. The maximum atomic E-state index is 12.2. The third kappa shape index (κ3) is 6.00. The van der Waals surface area contributed by atoms with Crippen molar-refractivity contribution in [3.05, 3.63) is 65.2 Å². The van der Waals surface area contributed by atoms with Crippen molar-refractivity contribution in [3.8, 4) is 0 Å². The number of guanidine groups is 1. The lowest BCUT2D eigenvalue weighted by Gasteiger charge is -2.25. The zero-order chi connectivity index (χ0) is 22.2. The van der Waals surface area contributed by atoms with Gasteiger partial charge in [-0.25, -0.2) is 0 Å². The van der Waals surface area contributed by atoms with E-state index in [1.807, 2.05) is 18.2 Å². The van der Waals surface area contributed by atoms with Gasteiger partial charge in [-0.05, 0) is 56.0 Å². The van der Waals surface area contributed by atoms with E-state index in [9.17, 15) is 4.79 Å². The molecule has 0 saturated heterocycles. The average molecular weight is 422 g/mol. The van der Waals surface area contributed by atoms with Crippen molar-refractivity contribution in [2.24, 2.45) is 4.99 Å². The van der Waals surface area contributed by atoms with Crippen LogP contribution < -0.4 is 15.5 Å². The fraction of sp³-hybridized carbons (Fsp3) is 0.440. The van der Waals surface area contributed by atoms with E-state index in [0.717, 1.165) is 49.6 Å². The number of amides is 1. The van der Waals surface area contributed by atoms with Crippen LogP contribution in [0.1, 0.15) is 35.3 Å². The molecule has 6 nitrogen and oxygen atoms in total. The Morgan fingerprint density at radius 1 is 1.16 bits per heavy atom. The van der Waals surface area contributed by atoms with Crippen molar-refractivity contribution in [2.75, 3.05) is 45.2 Å². The summed E-state index contributed by atoms with van der Waals surface area (Å²) in [5, 5.41) is 6.79. The summed E-state index contributed by atoms with van der Waals surface area (Å²) in [7, 11) is 3.55. The highest BCUT2D eigenvalue weighted by molar-refractivity contribution is 5.94. The van der Waals surface area contributed by atoms with Gasteiger partial charge in [0.1, 0.15) is 0 Å². The summed E-state index contributed by atoms with van der Waals surface area (Å²) >= 11 is 0. The van der Waals surface area contributed by atoms with E-state index in [4.69, 9.17) is 4.99 Å². The lowest BCUT2D eigenvalue weighted by atomic mass is 10.1. The van der Waals surface area contributed by atoms with Crippen LogP contribution in [0.2, 0.25) is 0 Å². The summed E-state index contributed by atoms with van der Waals surface area (Å²) in [5.74, 6) is 0.862. The molecule has 1 atom stereocenters. The van der Waals surface area contributed by atoms with E-state index in [2.05, 4.69) is 59.7 Å². The van der Waals surface area contributed by atoms with E-state index in [1.54, 1.807) is 19.0 Å². The maximum absolute atomic E-state index is 12.2. The average Bonchev–Trinajstić information content (AvgIpc) is 3.08. The van der Waals surface area contributed by atoms with Gasteiger partial charge in [0.25, 0.3) is 5.91 Å². The Kier molecular flexibility index (Phi) is 7.93. The van der Waals surface area contributed by atoms with Gasteiger partial charge in [0.15, 0.2) is 5.96 Å². The first kappa shape index (κ1) is 22.7. The molecule has 0 aromatic heterocycles. The predicted octanol–water partition coefficient (Wildman–Crippen LogP) is 2.94. The number of rotatable bonds is 8. The molecular weight excluding hydrogens is 386 g/mol. The standard InChI is InChI=1S/C25H35N5O/c1-5-26-25(27-14-13-20-9-8-11-22(18-20)24(31)29(3)4)28-15-16-30-19(2)17-21-10-6-7-12-23(21)30/h6-12,18-19H,5,13-17H2,1-4H3,(H2,26,27,28). The monoisotopic (exact) mass is 421 g/mol. The van der Waals surface area contributed by atoms with Gasteiger partial charge in [-0.15, -0.1) is 0 Å². The molecule has 0 spiro atoms. The third-order valence-electron chi connectivity index (χ3n) is 5.59. The Morgan fingerprint density at radius 3 is 2.74 bits per heavy atom. The Bertz CT molecular complexity index is 908. The van der Waals surface area contributed by atoms with Gasteiger partial charge >= 0.3 is 0 Å². The normalized spacial score (nSPS) is 15.5. The summed E-state index contributed by atoms with van der Waals surface area (Å²) in [6.07, 6.45) is 1.90. The highest BCUT2D eigenvalue weighted by Crippen LogP contribution is 2.31. The zero-order valence-corrected chi connectivity index (χ0v) is 19.2. The van der Waals surface area contributed by atoms with Crippen molar-refractivity contribution in [1.82, 2.24) is 15.5 Å². The van der Waals surface area contributed by atoms with Crippen LogP contribution in [-0.4, -0.2) is 63.1 Å². The number of benzene rings is 2. The Labute approximate surface area is 186 Å². The van der Waals surface area contributed by atoms with Crippen LogP contribution in [0.25, 0.3) is 0 Å². The van der Waals surface area contributed by atoms with Gasteiger partial charge in [0, 0.05) is 57.6 Å². The summed E-state index contributed by atoms with van der Waals surface area (Å²) in [6, 6.07) is 17.0. The second-order valence-electron chi connectivity index (χ2n) is 8.21. The second-order valence-corrected chi connectivity index (χ2v) is 8.21. The van der Waals surface area contributed by atoms with Gasteiger partial charge in [0.2, 0.25) is 0 Å². The van der Waals surface area contributed by atoms with Crippen LogP contribution in [0.5, 0.6) is 0 Å². The maximum Gasteiger partial charge on any atom is 0.253 e. The molecule has 6 heteroatoms. The van der Waals surface area contributed by atoms with E-state index in [0.29, 0.717) is 12.6 Å². The summed E-state index contributed by atoms with van der Waals surface area (Å²) < 4.78 is 0. The molecule has 2 N–H and O–H groups in total. The van der Waals surface area contributed by atoms with Crippen LogP contribution in [-0.2, 0) is 12.8 Å². The van der Waals surface area contributed by atoms with Crippen LogP contribution >= 0.6 is 0 Å². The fourth-order valence-corrected chi connectivity index (χ4v) is 4.02. The number of hydrogen-bond acceptors (Lipinski definition) is 3. The molecule has 0 fully saturated rings. The quantitative estimate of drug-likeness (QED) is 0.508. The molecule has 0 radical (unpaired) electrons. The van der Waals surface area contributed by atoms with E-state index in [1.165, 1.54) is 11.3 Å². The van der Waals surface area contributed by atoms with Gasteiger partial charge in [0.05, 0.1) is 0 Å². The Morgan fingerprint density at radius 2 is 1.97 bits per heavy atom. The van der Waals surface area contributed by atoms with Crippen molar-refractivity contribution >= 4 is 17.6 Å². The first-order chi connectivity index (χ1) is 15.0. The topological polar surface area (TPSA) is 60.0 Å². The summed E-state index contributed by atoms with van der Waals surface area (Å²) in [6.45, 7) is 7.62. The van der Waals surface area contributed by atoms with Crippen LogP contribution in [0, 0.1) is 0 Å². The van der Waals surface area contributed by atoms with Crippen molar-refractivity contribution in [1.29, 1.82) is 0 Å². The smallest absolute Gasteiger partial charge is 0.253 e. The minimum absolute atomic E-state index is 0.0260. The molecule has 1 unspecified atom stereocenters. The van der Waals surface area contributed by atoms with Gasteiger partial charge < -0.3 is 20.4 Å². The Hall–Kier alpha value is -3.02. The molecule has 2 aromatic carbocycles. The van der Waals surface area contributed by atoms with Gasteiger partial charge in [-0.1, -0.05) is 30.3 Å². The van der Waals surface area contributed by atoms with Crippen molar-refractivity contribution in [3.63, 3.8) is 0 Å². The van der Waals surface area contributed by atoms with Crippen LogP contribution in [0.3, 0.4) is 0 Å². The minimum atomic E-state index is 0.0260. The molecule has 1 aliphatic rings. The fourth-order valence-electron chi connectivity index (χ4n) is 4.02. The molecule has 1 aliphatic heterocycles. The number of hydrogen-bond donors (Lipinski definition) is 2. The Balaban J connectivity index is 1.53. The molecular formula is C25H35N5O. The first-order valence-electron chi connectivity index (χ1n) is 11.2. The SMILES string of the molecule is CCNC(=NCCc1cccc(C(=O)N(C)C)c1)NCCN1c2ccccc2CC1C. The predicted molar refractivity (Wildman–Crippen MR) is 129 cm³/mol. The molecule has 0 bridgehead atoms. The number of carbonyl (C=O) groups is 1. The molecule has 3 rings (SSSR count). The van der Waals surface area contributed by atoms with Crippen molar-refractivity contribution < 1.29 is 4.79 Å². The number of carbonyl (C=O) groups excluding carboxylic acids is 1. The molecule has 0 aliphatic carbocycles. The summed E-state index contributed by atoms with van der Waals surface area (Å²) in [5.41, 5.74) is 4.63. The molecule has 1 heterocycles. The molecule has 0 saturated carbocycles. The lowest BCUT2D eigenvalue weighted by Crippen LogP contribution is -2.43. The largest absolute Gasteiger partial charge is 0.367 e.